The smallest absolute Gasteiger partial charge is 0.456 e. The summed E-state index contributed by atoms with van der Waals surface area (Å²) in [4.78, 5) is 13.0. The Hall–Kier alpha value is -4.52. The highest BCUT2D eigenvalue weighted by Crippen LogP contribution is 2.33. The monoisotopic (exact) mass is 480 g/mol. The van der Waals surface area contributed by atoms with E-state index in [9.17, 15) is 23.2 Å². The number of nitriles is 1. The van der Waals surface area contributed by atoms with Gasteiger partial charge in [-0.3, -0.25) is 14.0 Å². The van der Waals surface area contributed by atoms with E-state index in [1.807, 2.05) is 6.92 Å². The normalized spacial score (nSPS) is 11.2. The number of halogens is 3. The molecule has 0 unspecified atom stereocenters. The fraction of sp³-hybridized carbons (Fsp3) is 0.160. The van der Waals surface area contributed by atoms with Crippen molar-refractivity contribution >= 4 is 0 Å². The third-order valence-corrected chi connectivity index (χ3v) is 5.11. The van der Waals surface area contributed by atoms with Crippen LogP contribution in [0, 0.1) is 11.3 Å². The zero-order valence-electron chi connectivity index (χ0n) is 18.7. The Morgan fingerprint density at radius 3 is 2.40 bits per heavy atom. The van der Waals surface area contributed by atoms with E-state index in [2.05, 4.69) is 15.9 Å². The first-order valence-electron chi connectivity index (χ1n) is 10.5. The van der Waals surface area contributed by atoms with Gasteiger partial charge in [0.1, 0.15) is 17.2 Å². The molecular weight excluding hydrogens is 461 g/mol. The lowest BCUT2D eigenvalue weighted by molar-refractivity contribution is -0.274. The largest absolute Gasteiger partial charge is 0.573 e. The van der Waals surface area contributed by atoms with Crippen molar-refractivity contribution in [2.45, 2.75) is 19.7 Å². The van der Waals surface area contributed by atoms with Crippen molar-refractivity contribution in [2.24, 2.45) is 7.05 Å². The highest BCUT2D eigenvalue weighted by atomic mass is 19.4. The first-order chi connectivity index (χ1) is 16.6. The Morgan fingerprint density at radius 1 is 1.06 bits per heavy atom. The molecule has 0 radical (unpaired) electrons. The Labute approximate surface area is 198 Å². The van der Waals surface area contributed by atoms with Crippen molar-refractivity contribution in [1.29, 1.82) is 5.26 Å². The standard InChI is InChI=1S/C25H19F3N4O3/c1-3-16-8-17(12-29)10-21(9-16)34-23-11-24(33)32(15-22(23)18-13-30-31(2)14-18)19-4-6-20(7-5-19)35-25(26,27)28/h4-11,13-15H,3H2,1-2H3. The summed E-state index contributed by atoms with van der Waals surface area (Å²) in [5.41, 5.74) is 2.37. The molecule has 0 amide bonds. The summed E-state index contributed by atoms with van der Waals surface area (Å²) >= 11 is 0. The molecule has 4 aromatic rings. The minimum Gasteiger partial charge on any atom is -0.456 e. The maximum Gasteiger partial charge on any atom is 0.573 e. The molecule has 10 heteroatoms. The number of hydrogen-bond acceptors (Lipinski definition) is 5. The average molecular weight is 480 g/mol. The zero-order valence-corrected chi connectivity index (χ0v) is 18.7. The van der Waals surface area contributed by atoms with Gasteiger partial charge in [0.2, 0.25) is 0 Å². The van der Waals surface area contributed by atoms with E-state index in [-0.39, 0.29) is 5.75 Å². The Kier molecular flexibility index (Phi) is 6.34. The topological polar surface area (TPSA) is 82.1 Å². The number of aryl methyl sites for hydroxylation is 2. The van der Waals surface area contributed by atoms with E-state index in [0.717, 1.165) is 17.7 Å². The first kappa shape index (κ1) is 23.6. The van der Waals surface area contributed by atoms with E-state index in [4.69, 9.17) is 4.74 Å². The van der Waals surface area contributed by atoms with Crippen LogP contribution in [0.2, 0.25) is 0 Å². The molecule has 0 aliphatic carbocycles. The van der Waals surface area contributed by atoms with Crippen molar-refractivity contribution in [3.63, 3.8) is 0 Å². The van der Waals surface area contributed by atoms with E-state index in [1.54, 1.807) is 42.3 Å². The predicted octanol–water partition coefficient (Wildman–Crippen LogP) is 5.36. The first-order valence-corrected chi connectivity index (χ1v) is 10.5. The molecule has 7 nitrogen and oxygen atoms in total. The van der Waals surface area contributed by atoms with E-state index in [1.165, 1.54) is 29.0 Å². The van der Waals surface area contributed by atoms with Crippen LogP contribution < -0.4 is 15.0 Å². The molecule has 4 rings (SSSR count). The van der Waals surface area contributed by atoms with Gasteiger partial charge in [0.05, 0.1) is 17.8 Å². The Balaban J connectivity index is 1.79. The maximum atomic E-state index is 13.0. The van der Waals surface area contributed by atoms with Crippen molar-refractivity contribution in [3.05, 3.63) is 88.6 Å². The van der Waals surface area contributed by atoms with Gasteiger partial charge in [0.25, 0.3) is 5.56 Å². The lowest BCUT2D eigenvalue weighted by Crippen LogP contribution is -2.18. The lowest BCUT2D eigenvalue weighted by Gasteiger charge is -2.15. The molecule has 2 aromatic carbocycles. The van der Waals surface area contributed by atoms with Crippen LogP contribution in [0.25, 0.3) is 16.8 Å². The highest BCUT2D eigenvalue weighted by Gasteiger charge is 2.31. The molecule has 0 atom stereocenters. The van der Waals surface area contributed by atoms with Gasteiger partial charge >= 0.3 is 6.36 Å². The van der Waals surface area contributed by atoms with Gasteiger partial charge in [-0.25, -0.2) is 0 Å². The third kappa shape index (κ3) is 5.52. The molecular formula is C25H19F3N4O3. The minimum atomic E-state index is -4.81. The minimum absolute atomic E-state index is 0.244. The summed E-state index contributed by atoms with van der Waals surface area (Å²) in [7, 11) is 1.74. The van der Waals surface area contributed by atoms with E-state index < -0.39 is 17.7 Å². The number of alkyl halides is 3. The molecule has 0 saturated heterocycles. The van der Waals surface area contributed by atoms with E-state index in [0.29, 0.717) is 34.5 Å². The number of benzene rings is 2. The molecule has 35 heavy (non-hydrogen) atoms. The number of hydrogen-bond donors (Lipinski definition) is 0. The van der Waals surface area contributed by atoms with Gasteiger partial charge in [0.15, 0.2) is 0 Å². The SMILES string of the molecule is CCc1cc(C#N)cc(Oc2cc(=O)n(-c3ccc(OC(F)(F)F)cc3)cc2-c2cnn(C)c2)c1. The van der Waals surface area contributed by atoms with Crippen molar-refractivity contribution in [2.75, 3.05) is 0 Å². The average Bonchev–Trinajstić information content (AvgIpc) is 3.24. The molecule has 0 N–H and O–H groups in total. The summed E-state index contributed by atoms with van der Waals surface area (Å²) in [6.45, 7) is 1.95. The second-order valence-corrected chi connectivity index (χ2v) is 7.64. The van der Waals surface area contributed by atoms with Crippen LogP contribution in [0.4, 0.5) is 13.2 Å². The van der Waals surface area contributed by atoms with Gasteiger partial charge in [-0.05, 0) is 54.4 Å². The second-order valence-electron chi connectivity index (χ2n) is 7.64. The van der Waals surface area contributed by atoms with Crippen LogP contribution in [0.3, 0.4) is 0 Å². The number of pyridine rings is 1. The van der Waals surface area contributed by atoms with Gasteiger partial charge in [-0.1, -0.05) is 6.92 Å². The fourth-order valence-corrected chi connectivity index (χ4v) is 3.50. The molecule has 0 aliphatic rings. The quantitative estimate of drug-likeness (QED) is 0.371. The summed E-state index contributed by atoms with van der Waals surface area (Å²) < 4.78 is 50.3. The predicted molar refractivity (Wildman–Crippen MR) is 122 cm³/mol. The van der Waals surface area contributed by atoms with Crippen LogP contribution in [0.1, 0.15) is 18.1 Å². The molecule has 0 saturated carbocycles. The van der Waals surface area contributed by atoms with Crippen LogP contribution in [0.15, 0.2) is 71.9 Å². The van der Waals surface area contributed by atoms with Gasteiger partial charge in [-0.15, -0.1) is 13.2 Å². The second kappa shape index (κ2) is 9.38. The Bertz CT molecular complexity index is 1470. The Morgan fingerprint density at radius 2 is 1.80 bits per heavy atom. The van der Waals surface area contributed by atoms with E-state index >= 15 is 0 Å². The van der Waals surface area contributed by atoms with Crippen molar-refractivity contribution in [1.82, 2.24) is 14.3 Å². The lowest BCUT2D eigenvalue weighted by atomic mass is 10.1. The van der Waals surface area contributed by atoms with Crippen LogP contribution in [0.5, 0.6) is 17.2 Å². The molecule has 2 aromatic heterocycles. The van der Waals surface area contributed by atoms with Gasteiger partial charge in [0, 0.05) is 42.3 Å². The fourth-order valence-electron chi connectivity index (χ4n) is 3.50. The number of nitrogens with zero attached hydrogens (tertiary/aromatic N) is 4. The molecule has 0 bridgehead atoms. The zero-order chi connectivity index (χ0) is 25.2. The molecule has 0 spiro atoms. The maximum absolute atomic E-state index is 13.0. The number of ether oxygens (including phenoxy) is 2. The van der Waals surface area contributed by atoms with Gasteiger partial charge < -0.3 is 9.47 Å². The third-order valence-electron chi connectivity index (χ3n) is 5.11. The number of rotatable bonds is 6. The molecule has 0 aliphatic heterocycles. The summed E-state index contributed by atoms with van der Waals surface area (Å²) in [5.74, 6) is 0.246. The number of aromatic nitrogens is 3. The van der Waals surface area contributed by atoms with Crippen LogP contribution >= 0.6 is 0 Å². The summed E-state index contributed by atoms with van der Waals surface area (Å²) in [6, 6.07) is 13.5. The molecule has 178 valence electrons. The van der Waals surface area contributed by atoms with Crippen LogP contribution in [-0.4, -0.2) is 20.7 Å². The highest BCUT2D eigenvalue weighted by molar-refractivity contribution is 5.69. The summed E-state index contributed by atoms with van der Waals surface area (Å²) in [6.07, 6.45) is 0.742. The molecule has 0 fully saturated rings. The van der Waals surface area contributed by atoms with Crippen LogP contribution in [-0.2, 0) is 13.5 Å². The summed E-state index contributed by atoms with van der Waals surface area (Å²) in [5, 5.41) is 13.5. The van der Waals surface area contributed by atoms with Crippen molar-refractivity contribution in [3.8, 4) is 40.1 Å². The van der Waals surface area contributed by atoms with Crippen molar-refractivity contribution < 1.29 is 22.6 Å². The molecule has 2 heterocycles. The van der Waals surface area contributed by atoms with Gasteiger partial charge in [-0.2, -0.15) is 10.4 Å².